The van der Waals surface area contributed by atoms with Crippen LogP contribution in [0.3, 0.4) is 0 Å². The third-order valence-electron chi connectivity index (χ3n) is 4.88. The normalized spacial score (nSPS) is 14.6. The van der Waals surface area contributed by atoms with Gasteiger partial charge in [-0.3, -0.25) is 5.32 Å². The molecule has 4 rings (SSSR count). The van der Waals surface area contributed by atoms with Crippen LogP contribution in [0, 0.1) is 5.92 Å². The van der Waals surface area contributed by atoms with E-state index < -0.39 is 6.09 Å². The average Bonchev–Trinajstić information content (AvgIpc) is 3.24. The molecule has 0 bridgehead atoms. The maximum Gasteiger partial charge on any atom is 0.411 e. The van der Waals surface area contributed by atoms with Gasteiger partial charge in [0.05, 0.1) is 18.0 Å². The highest BCUT2D eigenvalue weighted by atomic mass is 32.1. The molecule has 0 saturated carbocycles. The Kier molecular flexibility index (Phi) is 5.99. The van der Waals surface area contributed by atoms with Crippen LogP contribution in [0.1, 0.15) is 12.8 Å². The quantitative estimate of drug-likeness (QED) is 0.638. The highest BCUT2D eigenvalue weighted by molar-refractivity contribution is 7.13. The second kappa shape index (κ2) is 8.99. The van der Waals surface area contributed by atoms with Gasteiger partial charge in [-0.15, -0.1) is 11.3 Å². The molecule has 3 aromatic rings. The lowest BCUT2D eigenvalue weighted by molar-refractivity contribution is 0.131. The predicted octanol–water partition coefficient (Wildman–Crippen LogP) is 5.03. The van der Waals surface area contributed by atoms with Gasteiger partial charge in [0.25, 0.3) is 0 Å². The van der Waals surface area contributed by atoms with Crippen molar-refractivity contribution in [1.29, 1.82) is 0 Å². The Bertz CT molecular complexity index is 920. The Labute approximate surface area is 168 Å². The van der Waals surface area contributed by atoms with Gasteiger partial charge >= 0.3 is 6.09 Å². The summed E-state index contributed by atoms with van der Waals surface area (Å²) in [5.74, 6) is 0.439. The fraction of sp³-hybridized carbons (Fsp3) is 0.273. The number of rotatable bonds is 5. The van der Waals surface area contributed by atoms with Crippen molar-refractivity contribution in [2.24, 2.45) is 5.92 Å². The van der Waals surface area contributed by atoms with Gasteiger partial charge in [0, 0.05) is 16.5 Å². The molecule has 6 heteroatoms. The molecule has 2 aromatic carbocycles. The van der Waals surface area contributed by atoms with Crippen LogP contribution in [0.5, 0.6) is 0 Å². The fourth-order valence-electron chi connectivity index (χ4n) is 3.31. The van der Waals surface area contributed by atoms with E-state index in [9.17, 15) is 4.79 Å². The zero-order valence-corrected chi connectivity index (χ0v) is 16.4. The highest BCUT2D eigenvalue weighted by Crippen LogP contribution is 2.33. The average molecular weight is 394 g/mol. The number of carbonyl (C=O) groups is 1. The molecule has 1 aliphatic heterocycles. The van der Waals surface area contributed by atoms with Crippen molar-refractivity contribution >= 4 is 23.1 Å². The summed E-state index contributed by atoms with van der Waals surface area (Å²) in [5.41, 5.74) is 3.63. The first kappa shape index (κ1) is 18.7. The van der Waals surface area contributed by atoms with Crippen LogP contribution < -0.4 is 10.6 Å². The van der Waals surface area contributed by atoms with Gasteiger partial charge in [-0.05, 0) is 44.0 Å². The van der Waals surface area contributed by atoms with Gasteiger partial charge in [-0.1, -0.05) is 42.5 Å². The van der Waals surface area contributed by atoms with Crippen molar-refractivity contribution in [2.45, 2.75) is 12.8 Å². The zero-order valence-electron chi connectivity index (χ0n) is 15.6. The van der Waals surface area contributed by atoms with E-state index in [0.717, 1.165) is 47.8 Å². The summed E-state index contributed by atoms with van der Waals surface area (Å²) in [6.07, 6.45) is 1.68. The molecule has 0 spiro atoms. The number of anilines is 1. The number of hydrogen-bond acceptors (Lipinski definition) is 5. The molecule has 144 valence electrons. The van der Waals surface area contributed by atoms with Crippen LogP contribution in [0.2, 0.25) is 0 Å². The number of benzene rings is 2. The van der Waals surface area contributed by atoms with Crippen LogP contribution in [0.4, 0.5) is 10.5 Å². The Balaban J connectivity index is 1.45. The van der Waals surface area contributed by atoms with Crippen molar-refractivity contribution < 1.29 is 9.53 Å². The molecule has 2 heterocycles. The minimum Gasteiger partial charge on any atom is -0.449 e. The number of thiazole rings is 1. The van der Waals surface area contributed by atoms with E-state index in [1.54, 1.807) is 11.3 Å². The van der Waals surface area contributed by atoms with Crippen LogP contribution in [-0.4, -0.2) is 30.8 Å². The SMILES string of the molecule is O=C(Nc1ccccc1-c1nc(-c2ccccc2)cs1)OCC1CCNCC1. The lowest BCUT2D eigenvalue weighted by Crippen LogP contribution is -2.31. The molecule has 0 atom stereocenters. The van der Waals surface area contributed by atoms with Gasteiger partial charge in [0.1, 0.15) is 5.01 Å². The third kappa shape index (κ3) is 4.58. The number of nitrogens with one attached hydrogen (secondary N) is 2. The van der Waals surface area contributed by atoms with E-state index in [-0.39, 0.29) is 0 Å². The number of amides is 1. The number of hydrogen-bond donors (Lipinski definition) is 2. The zero-order chi connectivity index (χ0) is 19.2. The van der Waals surface area contributed by atoms with Crippen molar-refractivity contribution in [2.75, 3.05) is 25.0 Å². The van der Waals surface area contributed by atoms with Crippen molar-refractivity contribution in [1.82, 2.24) is 10.3 Å². The molecular formula is C22H23N3O2S. The molecule has 1 amide bonds. The molecule has 0 aliphatic carbocycles. The van der Waals surface area contributed by atoms with Crippen molar-refractivity contribution in [3.63, 3.8) is 0 Å². The minimum absolute atomic E-state index is 0.411. The van der Waals surface area contributed by atoms with E-state index in [1.807, 2.05) is 60.0 Å². The van der Waals surface area contributed by atoms with Crippen molar-refractivity contribution in [3.8, 4) is 21.8 Å². The smallest absolute Gasteiger partial charge is 0.411 e. The predicted molar refractivity (Wildman–Crippen MR) is 114 cm³/mol. The lowest BCUT2D eigenvalue weighted by atomic mass is 9.99. The number of ether oxygens (including phenoxy) is 1. The van der Waals surface area contributed by atoms with Gasteiger partial charge in [-0.2, -0.15) is 0 Å². The largest absolute Gasteiger partial charge is 0.449 e. The molecule has 1 fully saturated rings. The van der Waals surface area contributed by atoms with Crippen molar-refractivity contribution in [3.05, 3.63) is 60.0 Å². The maximum atomic E-state index is 12.3. The molecule has 1 aromatic heterocycles. The molecular weight excluding hydrogens is 370 g/mol. The van der Waals surface area contributed by atoms with Crippen LogP contribution in [0.25, 0.3) is 21.8 Å². The number of carbonyl (C=O) groups excluding carboxylic acids is 1. The summed E-state index contributed by atoms with van der Waals surface area (Å²) in [4.78, 5) is 17.1. The summed E-state index contributed by atoms with van der Waals surface area (Å²) in [5, 5.41) is 9.11. The summed E-state index contributed by atoms with van der Waals surface area (Å²) < 4.78 is 5.46. The summed E-state index contributed by atoms with van der Waals surface area (Å²) in [6, 6.07) is 17.8. The van der Waals surface area contributed by atoms with Crippen LogP contribution in [0.15, 0.2) is 60.0 Å². The van der Waals surface area contributed by atoms with E-state index >= 15 is 0 Å². The second-order valence-corrected chi connectivity index (χ2v) is 7.72. The van der Waals surface area contributed by atoms with E-state index in [1.165, 1.54) is 0 Å². The highest BCUT2D eigenvalue weighted by Gasteiger charge is 2.17. The van der Waals surface area contributed by atoms with Crippen LogP contribution in [-0.2, 0) is 4.74 Å². The second-order valence-electron chi connectivity index (χ2n) is 6.87. The van der Waals surface area contributed by atoms with Crippen LogP contribution >= 0.6 is 11.3 Å². The first-order chi connectivity index (χ1) is 13.8. The third-order valence-corrected chi connectivity index (χ3v) is 5.75. The Morgan fingerprint density at radius 3 is 2.68 bits per heavy atom. The molecule has 1 saturated heterocycles. The lowest BCUT2D eigenvalue weighted by Gasteiger charge is -2.22. The number of nitrogens with zero attached hydrogens (tertiary/aromatic N) is 1. The van der Waals surface area contributed by atoms with Gasteiger partial charge in [0.2, 0.25) is 0 Å². The molecule has 28 heavy (non-hydrogen) atoms. The maximum absolute atomic E-state index is 12.3. The first-order valence-electron chi connectivity index (χ1n) is 9.54. The van der Waals surface area contributed by atoms with Gasteiger partial charge in [-0.25, -0.2) is 9.78 Å². The first-order valence-corrected chi connectivity index (χ1v) is 10.4. The summed E-state index contributed by atoms with van der Waals surface area (Å²) in [6.45, 7) is 2.45. The van der Waals surface area contributed by atoms with E-state index in [2.05, 4.69) is 10.6 Å². The van der Waals surface area contributed by atoms with E-state index in [0.29, 0.717) is 18.2 Å². The topological polar surface area (TPSA) is 63.2 Å². The Morgan fingerprint density at radius 1 is 1.11 bits per heavy atom. The molecule has 5 nitrogen and oxygen atoms in total. The summed E-state index contributed by atoms with van der Waals surface area (Å²) in [7, 11) is 0. The molecule has 0 radical (unpaired) electrons. The summed E-state index contributed by atoms with van der Waals surface area (Å²) >= 11 is 1.56. The number of piperidine rings is 1. The molecule has 0 unspecified atom stereocenters. The Morgan fingerprint density at radius 2 is 1.86 bits per heavy atom. The van der Waals surface area contributed by atoms with Gasteiger partial charge in [0.15, 0.2) is 0 Å². The molecule has 2 N–H and O–H groups in total. The Hall–Kier alpha value is -2.70. The molecule has 1 aliphatic rings. The fourth-order valence-corrected chi connectivity index (χ4v) is 4.17. The van der Waals surface area contributed by atoms with E-state index in [4.69, 9.17) is 9.72 Å². The standard InChI is InChI=1S/C22H23N3O2S/c26-22(27-14-16-10-12-23-13-11-16)25-19-9-5-4-8-18(19)21-24-20(15-28-21)17-6-2-1-3-7-17/h1-9,15-16,23H,10-14H2,(H,25,26). The van der Waals surface area contributed by atoms with Gasteiger partial charge < -0.3 is 10.1 Å². The number of aromatic nitrogens is 1. The minimum atomic E-state index is -0.411. The monoisotopic (exact) mass is 393 g/mol. The number of para-hydroxylation sites is 1.